The van der Waals surface area contributed by atoms with E-state index in [4.69, 9.17) is 23.2 Å². The van der Waals surface area contributed by atoms with Crippen molar-refractivity contribution in [3.8, 4) is 0 Å². The molecule has 8 heteroatoms. The van der Waals surface area contributed by atoms with Gasteiger partial charge in [0.2, 0.25) is 16.5 Å². The van der Waals surface area contributed by atoms with Crippen LogP contribution in [0.5, 0.6) is 0 Å². The fourth-order valence-electron chi connectivity index (χ4n) is 1.40. The topological polar surface area (TPSA) is 68.5 Å². The fraction of sp³-hybridized carbons (Fsp3) is 0.333. The average Bonchev–Trinajstić information content (AvgIpc) is 2.53. The maximum absolute atomic E-state index is 5.66. The van der Waals surface area contributed by atoms with E-state index >= 15 is 0 Å². The first-order valence-corrected chi connectivity index (χ1v) is 5.60. The summed E-state index contributed by atoms with van der Waals surface area (Å²) in [6.45, 7) is 2.49. The molecule has 0 saturated carbocycles. The Labute approximate surface area is 108 Å². The van der Waals surface area contributed by atoms with Crippen molar-refractivity contribution in [2.75, 3.05) is 5.32 Å². The minimum atomic E-state index is 0.0652. The number of nitrogens with one attached hydrogen (secondary N) is 1. The third kappa shape index (κ3) is 3.04. The van der Waals surface area contributed by atoms with Gasteiger partial charge in [0.1, 0.15) is 0 Å². The summed E-state index contributed by atoms with van der Waals surface area (Å²) in [6, 6.07) is 0. The molecule has 0 radical (unpaired) electrons. The number of hydrogen-bond acceptors (Lipinski definition) is 5. The molecule has 0 aliphatic heterocycles. The Balaban J connectivity index is 2.09. The number of nitrogens with zero attached hydrogens (tertiary/aromatic N) is 5. The van der Waals surface area contributed by atoms with E-state index in [0.717, 1.165) is 11.3 Å². The maximum atomic E-state index is 5.66. The van der Waals surface area contributed by atoms with Gasteiger partial charge in [0.05, 0.1) is 5.69 Å². The van der Waals surface area contributed by atoms with E-state index in [9.17, 15) is 0 Å². The SMILES string of the molecule is Cc1nn(C)cc1CNc1nc(Cl)nc(Cl)n1. The van der Waals surface area contributed by atoms with Crippen LogP contribution in [0, 0.1) is 6.92 Å². The molecular formula is C9H10Cl2N6. The molecule has 0 amide bonds. The van der Waals surface area contributed by atoms with Crippen LogP contribution < -0.4 is 5.32 Å². The summed E-state index contributed by atoms with van der Waals surface area (Å²) >= 11 is 11.3. The van der Waals surface area contributed by atoms with Crippen molar-refractivity contribution in [2.24, 2.45) is 7.05 Å². The lowest BCUT2D eigenvalue weighted by molar-refractivity contribution is 0.756. The Morgan fingerprint density at radius 3 is 2.41 bits per heavy atom. The Morgan fingerprint density at radius 2 is 1.88 bits per heavy atom. The molecule has 0 fully saturated rings. The zero-order valence-corrected chi connectivity index (χ0v) is 10.8. The van der Waals surface area contributed by atoms with Gasteiger partial charge in [-0.15, -0.1) is 0 Å². The van der Waals surface area contributed by atoms with Gasteiger partial charge < -0.3 is 5.32 Å². The Bertz CT molecular complexity index is 518. The first-order chi connectivity index (χ1) is 8.04. The number of rotatable bonds is 3. The van der Waals surface area contributed by atoms with Gasteiger partial charge in [-0.3, -0.25) is 4.68 Å². The van der Waals surface area contributed by atoms with E-state index < -0.39 is 0 Å². The third-order valence-corrected chi connectivity index (χ3v) is 2.47. The van der Waals surface area contributed by atoms with Crippen LogP contribution in [-0.2, 0) is 13.6 Å². The number of hydrogen-bond donors (Lipinski definition) is 1. The highest BCUT2D eigenvalue weighted by atomic mass is 35.5. The number of halogens is 2. The van der Waals surface area contributed by atoms with E-state index in [1.165, 1.54) is 0 Å². The molecule has 0 aliphatic rings. The van der Waals surface area contributed by atoms with Gasteiger partial charge in [-0.1, -0.05) is 0 Å². The summed E-state index contributed by atoms with van der Waals surface area (Å²) in [4.78, 5) is 11.5. The lowest BCUT2D eigenvalue weighted by Gasteiger charge is -2.03. The van der Waals surface area contributed by atoms with Crippen molar-refractivity contribution >= 4 is 29.2 Å². The van der Waals surface area contributed by atoms with Crippen LogP contribution in [0.3, 0.4) is 0 Å². The second-order valence-electron chi connectivity index (χ2n) is 3.46. The monoisotopic (exact) mass is 272 g/mol. The molecule has 6 nitrogen and oxygen atoms in total. The summed E-state index contributed by atoms with van der Waals surface area (Å²) in [7, 11) is 1.87. The summed E-state index contributed by atoms with van der Waals surface area (Å²) in [5, 5.41) is 7.37. The van der Waals surface area contributed by atoms with Gasteiger partial charge in [0.15, 0.2) is 0 Å². The van der Waals surface area contributed by atoms with Crippen molar-refractivity contribution in [3.05, 3.63) is 28.0 Å². The largest absolute Gasteiger partial charge is 0.350 e. The van der Waals surface area contributed by atoms with Crippen molar-refractivity contribution in [2.45, 2.75) is 13.5 Å². The van der Waals surface area contributed by atoms with Gasteiger partial charge in [-0.2, -0.15) is 20.1 Å². The van der Waals surface area contributed by atoms with Crippen molar-refractivity contribution < 1.29 is 0 Å². The Hall–Kier alpha value is -1.40. The summed E-state index contributed by atoms with van der Waals surface area (Å²) in [5.74, 6) is 0.346. The highest BCUT2D eigenvalue weighted by Gasteiger charge is 2.06. The fourth-order valence-corrected chi connectivity index (χ4v) is 1.76. The molecule has 0 unspecified atom stereocenters. The molecule has 2 heterocycles. The number of aryl methyl sites for hydroxylation is 2. The van der Waals surface area contributed by atoms with Crippen LogP contribution in [0.15, 0.2) is 6.20 Å². The highest BCUT2D eigenvalue weighted by molar-refractivity contribution is 6.31. The lowest BCUT2D eigenvalue weighted by Crippen LogP contribution is -2.05. The smallest absolute Gasteiger partial charge is 0.228 e. The molecule has 0 atom stereocenters. The van der Waals surface area contributed by atoms with Crippen molar-refractivity contribution in [3.63, 3.8) is 0 Å². The molecule has 17 heavy (non-hydrogen) atoms. The normalized spacial score (nSPS) is 10.6. The van der Waals surface area contributed by atoms with E-state index in [-0.39, 0.29) is 10.6 Å². The molecular weight excluding hydrogens is 263 g/mol. The zero-order valence-electron chi connectivity index (χ0n) is 9.28. The molecule has 0 aromatic carbocycles. The van der Waals surface area contributed by atoms with Crippen LogP contribution in [0.25, 0.3) is 0 Å². The first-order valence-electron chi connectivity index (χ1n) is 4.84. The van der Waals surface area contributed by atoms with E-state index in [1.54, 1.807) is 4.68 Å². The zero-order chi connectivity index (χ0) is 12.4. The van der Waals surface area contributed by atoms with Gasteiger partial charge in [0, 0.05) is 25.4 Å². The minimum absolute atomic E-state index is 0.0652. The predicted molar refractivity (Wildman–Crippen MR) is 65.1 cm³/mol. The molecule has 0 spiro atoms. The molecule has 2 aromatic rings. The van der Waals surface area contributed by atoms with Gasteiger partial charge in [-0.05, 0) is 30.1 Å². The maximum Gasteiger partial charge on any atom is 0.228 e. The standard InChI is InChI=1S/C9H10Cl2N6/c1-5-6(4-17(2)16-5)3-12-9-14-7(10)13-8(11)15-9/h4H,3H2,1-2H3,(H,12,13,14,15). The molecule has 2 rings (SSSR count). The van der Waals surface area contributed by atoms with Crippen molar-refractivity contribution in [1.82, 2.24) is 24.7 Å². The second-order valence-corrected chi connectivity index (χ2v) is 4.14. The number of aromatic nitrogens is 5. The molecule has 0 bridgehead atoms. The molecule has 0 aliphatic carbocycles. The Morgan fingerprint density at radius 1 is 1.24 bits per heavy atom. The molecule has 0 saturated heterocycles. The van der Waals surface area contributed by atoms with Crippen molar-refractivity contribution in [1.29, 1.82) is 0 Å². The van der Waals surface area contributed by atoms with E-state index in [1.807, 2.05) is 20.2 Å². The summed E-state index contributed by atoms with van der Waals surface area (Å²) < 4.78 is 1.75. The predicted octanol–water partition coefficient (Wildman–Crippen LogP) is 1.83. The van der Waals surface area contributed by atoms with Crippen LogP contribution in [-0.4, -0.2) is 24.7 Å². The third-order valence-electron chi connectivity index (χ3n) is 2.13. The lowest BCUT2D eigenvalue weighted by atomic mass is 10.3. The summed E-state index contributed by atoms with van der Waals surface area (Å²) in [5.41, 5.74) is 2.01. The summed E-state index contributed by atoms with van der Waals surface area (Å²) in [6.07, 6.45) is 1.92. The van der Waals surface area contributed by atoms with Crippen LogP contribution in [0.2, 0.25) is 10.6 Å². The van der Waals surface area contributed by atoms with Crippen LogP contribution in [0.1, 0.15) is 11.3 Å². The van der Waals surface area contributed by atoms with Gasteiger partial charge in [-0.25, -0.2) is 0 Å². The van der Waals surface area contributed by atoms with Gasteiger partial charge in [0.25, 0.3) is 0 Å². The first kappa shape index (κ1) is 12.1. The van der Waals surface area contributed by atoms with Crippen LogP contribution >= 0.6 is 23.2 Å². The second kappa shape index (κ2) is 4.85. The van der Waals surface area contributed by atoms with Gasteiger partial charge >= 0.3 is 0 Å². The minimum Gasteiger partial charge on any atom is -0.350 e. The quantitative estimate of drug-likeness (QED) is 0.924. The van der Waals surface area contributed by atoms with E-state index in [0.29, 0.717) is 12.5 Å². The molecule has 2 aromatic heterocycles. The average molecular weight is 273 g/mol. The number of anilines is 1. The molecule has 90 valence electrons. The Kier molecular flexibility index (Phi) is 3.44. The molecule has 1 N–H and O–H groups in total. The van der Waals surface area contributed by atoms with E-state index in [2.05, 4.69) is 25.4 Å². The van der Waals surface area contributed by atoms with Crippen LogP contribution in [0.4, 0.5) is 5.95 Å². The highest BCUT2D eigenvalue weighted by Crippen LogP contribution is 2.11.